The Bertz CT molecular complexity index is 713. The van der Waals surface area contributed by atoms with Crippen molar-refractivity contribution in [3.8, 4) is 5.75 Å². The molecule has 0 N–H and O–H groups in total. The summed E-state index contributed by atoms with van der Waals surface area (Å²) in [5.74, 6) is 1.21. The van der Waals surface area contributed by atoms with Crippen LogP contribution in [-0.2, 0) is 20.8 Å². The van der Waals surface area contributed by atoms with E-state index in [-0.39, 0.29) is 5.69 Å². The van der Waals surface area contributed by atoms with Crippen molar-refractivity contribution < 1.29 is 23.9 Å². The van der Waals surface area contributed by atoms with Crippen LogP contribution in [0, 0.1) is 10.1 Å². The molecule has 0 saturated carbocycles. The molecule has 0 fully saturated rings. The van der Waals surface area contributed by atoms with Crippen molar-refractivity contribution in [3.05, 3.63) is 64.2 Å². The normalized spacial score (nSPS) is 10.8. The Labute approximate surface area is 169 Å². The highest BCUT2D eigenvalue weighted by molar-refractivity contribution is 7.99. The number of benzene rings is 2. The van der Waals surface area contributed by atoms with Gasteiger partial charge < -0.3 is 18.9 Å². The molecule has 0 amide bonds. The fourth-order valence-electron chi connectivity index (χ4n) is 2.30. The Morgan fingerprint density at radius 1 is 0.929 bits per heavy atom. The predicted molar refractivity (Wildman–Crippen MR) is 108 cm³/mol. The van der Waals surface area contributed by atoms with Gasteiger partial charge in [0.1, 0.15) is 5.75 Å². The van der Waals surface area contributed by atoms with Crippen LogP contribution >= 0.6 is 11.8 Å². The second-order valence-corrected chi connectivity index (χ2v) is 6.84. The molecule has 0 aliphatic carbocycles. The first-order valence-corrected chi connectivity index (χ1v) is 9.91. The Morgan fingerprint density at radius 3 is 2.29 bits per heavy atom. The van der Waals surface area contributed by atoms with Gasteiger partial charge in [0.05, 0.1) is 57.7 Å². The van der Waals surface area contributed by atoms with E-state index in [1.54, 1.807) is 6.07 Å². The molecule has 0 aliphatic rings. The van der Waals surface area contributed by atoms with Gasteiger partial charge in [0.25, 0.3) is 5.69 Å². The molecule has 7 nitrogen and oxygen atoms in total. The summed E-state index contributed by atoms with van der Waals surface area (Å²) >= 11 is 1.53. The first kappa shape index (κ1) is 22.2. The van der Waals surface area contributed by atoms with E-state index < -0.39 is 4.92 Å². The largest absolute Gasteiger partial charge is 0.495 e. The third-order valence-electron chi connectivity index (χ3n) is 3.70. The number of nitro groups is 1. The first-order valence-electron chi connectivity index (χ1n) is 8.93. The number of ether oxygens (including phenoxy) is 4. The van der Waals surface area contributed by atoms with E-state index in [4.69, 9.17) is 18.9 Å². The molecule has 0 aliphatic heterocycles. The predicted octanol–water partition coefficient (Wildman–Crippen LogP) is 3.95. The summed E-state index contributed by atoms with van der Waals surface area (Å²) in [6, 6.07) is 14.6. The molecular weight excluding hydrogens is 382 g/mol. The quantitative estimate of drug-likeness (QED) is 0.203. The van der Waals surface area contributed by atoms with Gasteiger partial charge in [-0.15, -0.1) is 11.8 Å². The maximum atomic E-state index is 10.8. The first-order chi connectivity index (χ1) is 13.7. The second kappa shape index (κ2) is 13.1. The average molecular weight is 407 g/mol. The van der Waals surface area contributed by atoms with Crippen LogP contribution < -0.4 is 4.74 Å². The topological polar surface area (TPSA) is 80.1 Å². The minimum Gasteiger partial charge on any atom is -0.495 e. The number of rotatable bonds is 14. The van der Waals surface area contributed by atoms with Crippen LogP contribution in [0.25, 0.3) is 0 Å². The summed E-state index contributed by atoms with van der Waals surface area (Å²) < 4.78 is 21.7. The van der Waals surface area contributed by atoms with E-state index in [9.17, 15) is 10.1 Å². The van der Waals surface area contributed by atoms with Crippen molar-refractivity contribution in [2.75, 3.05) is 45.9 Å². The highest BCUT2D eigenvalue weighted by Gasteiger charge is 2.11. The van der Waals surface area contributed by atoms with Crippen LogP contribution in [0.15, 0.2) is 53.4 Å². The zero-order chi connectivity index (χ0) is 20.0. The standard InChI is InChI=1S/C20H25NO6S/c1-24-19-15-18(21(22)23)7-8-20(19)28-14-13-26-10-9-25-11-12-27-16-17-5-3-2-4-6-17/h2-8,15H,9-14,16H2,1H3. The average Bonchev–Trinajstić information content (AvgIpc) is 2.72. The smallest absolute Gasteiger partial charge is 0.273 e. The highest BCUT2D eigenvalue weighted by Crippen LogP contribution is 2.32. The van der Waals surface area contributed by atoms with Gasteiger partial charge in [0.15, 0.2) is 0 Å². The maximum Gasteiger partial charge on any atom is 0.273 e. The van der Waals surface area contributed by atoms with Crippen molar-refractivity contribution >= 4 is 17.4 Å². The Morgan fingerprint density at radius 2 is 1.61 bits per heavy atom. The molecule has 152 valence electrons. The van der Waals surface area contributed by atoms with Gasteiger partial charge in [-0.25, -0.2) is 0 Å². The molecule has 0 radical (unpaired) electrons. The second-order valence-electron chi connectivity index (χ2n) is 5.70. The van der Waals surface area contributed by atoms with Gasteiger partial charge in [0, 0.05) is 16.7 Å². The monoisotopic (exact) mass is 407 g/mol. The molecule has 0 aromatic heterocycles. The molecule has 2 rings (SSSR count). The van der Waals surface area contributed by atoms with Gasteiger partial charge in [-0.3, -0.25) is 10.1 Å². The van der Waals surface area contributed by atoms with Crippen molar-refractivity contribution in [1.82, 2.24) is 0 Å². The van der Waals surface area contributed by atoms with E-state index >= 15 is 0 Å². The lowest BCUT2D eigenvalue weighted by atomic mass is 10.2. The van der Waals surface area contributed by atoms with E-state index in [1.807, 2.05) is 30.3 Å². The Balaban J connectivity index is 1.48. The van der Waals surface area contributed by atoms with Gasteiger partial charge in [0.2, 0.25) is 0 Å². The van der Waals surface area contributed by atoms with Crippen LogP contribution in [0.5, 0.6) is 5.75 Å². The van der Waals surface area contributed by atoms with Crippen LogP contribution in [0.1, 0.15) is 5.56 Å². The zero-order valence-electron chi connectivity index (χ0n) is 15.9. The van der Waals surface area contributed by atoms with E-state index in [0.717, 1.165) is 10.5 Å². The van der Waals surface area contributed by atoms with Crippen LogP contribution in [0.4, 0.5) is 5.69 Å². The number of non-ortho nitro benzene ring substituents is 1. The summed E-state index contributed by atoms with van der Waals surface area (Å²) in [5, 5.41) is 10.8. The van der Waals surface area contributed by atoms with Gasteiger partial charge in [-0.1, -0.05) is 30.3 Å². The lowest BCUT2D eigenvalue weighted by molar-refractivity contribution is -0.385. The molecule has 0 heterocycles. The van der Waals surface area contributed by atoms with Crippen molar-refractivity contribution in [1.29, 1.82) is 0 Å². The van der Waals surface area contributed by atoms with Crippen LogP contribution in [0.2, 0.25) is 0 Å². The maximum absolute atomic E-state index is 10.8. The van der Waals surface area contributed by atoms with E-state index in [2.05, 4.69) is 0 Å². The summed E-state index contributed by atoms with van der Waals surface area (Å²) in [5.41, 5.74) is 1.16. The minimum atomic E-state index is -0.438. The molecule has 0 saturated heterocycles. The molecule has 2 aromatic rings. The Kier molecular flexibility index (Phi) is 10.4. The van der Waals surface area contributed by atoms with Crippen molar-refractivity contribution in [2.24, 2.45) is 0 Å². The molecule has 28 heavy (non-hydrogen) atoms. The van der Waals surface area contributed by atoms with Gasteiger partial charge in [-0.05, 0) is 11.6 Å². The fourth-order valence-corrected chi connectivity index (χ4v) is 3.17. The number of hydrogen-bond donors (Lipinski definition) is 0. The summed E-state index contributed by atoms with van der Waals surface area (Å²) in [7, 11) is 1.50. The van der Waals surface area contributed by atoms with E-state index in [1.165, 1.54) is 31.0 Å². The number of hydrogen-bond acceptors (Lipinski definition) is 7. The molecular formula is C20H25NO6S. The van der Waals surface area contributed by atoms with Crippen molar-refractivity contribution in [2.45, 2.75) is 11.5 Å². The van der Waals surface area contributed by atoms with Crippen molar-refractivity contribution in [3.63, 3.8) is 0 Å². The van der Waals surface area contributed by atoms with Crippen LogP contribution in [0.3, 0.4) is 0 Å². The van der Waals surface area contributed by atoms with Gasteiger partial charge >= 0.3 is 0 Å². The van der Waals surface area contributed by atoms with Crippen LogP contribution in [-0.4, -0.2) is 50.8 Å². The lowest BCUT2D eigenvalue weighted by Crippen LogP contribution is -2.10. The number of nitrogens with zero attached hydrogens (tertiary/aromatic N) is 1. The molecule has 0 spiro atoms. The number of thioether (sulfide) groups is 1. The third kappa shape index (κ3) is 8.26. The molecule has 0 atom stereocenters. The molecule has 2 aromatic carbocycles. The third-order valence-corrected chi connectivity index (χ3v) is 4.72. The van der Waals surface area contributed by atoms with Gasteiger partial charge in [-0.2, -0.15) is 0 Å². The molecule has 0 unspecified atom stereocenters. The summed E-state index contributed by atoms with van der Waals surface area (Å²) in [4.78, 5) is 11.2. The summed E-state index contributed by atoms with van der Waals surface area (Å²) in [6.07, 6.45) is 0. The zero-order valence-corrected chi connectivity index (χ0v) is 16.7. The van der Waals surface area contributed by atoms with E-state index in [0.29, 0.717) is 51.1 Å². The highest BCUT2D eigenvalue weighted by atomic mass is 32.2. The number of methoxy groups -OCH3 is 1. The Hall–Kier alpha value is -2.13. The molecule has 0 bridgehead atoms. The SMILES string of the molecule is COc1cc([N+](=O)[O-])ccc1SCCOCCOCCOCc1ccccc1. The number of nitro benzene ring substituents is 1. The lowest BCUT2D eigenvalue weighted by Gasteiger charge is -2.09. The minimum absolute atomic E-state index is 0.0161. The summed E-state index contributed by atoms with van der Waals surface area (Å²) in [6.45, 7) is 3.25. The fraction of sp³-hybridized carbons (Fsp3) is 0.400. The molecule has 8 heteroatoms.